The lowest BCUT2D eigenvalue weighted by Gasteiger charge is -2.36. The summed E-state index contributed by atoms with van der Waals surface area (Å²) < 4.78 is 0. The maximum Gasteiger partial charge on any atom is 0.253 e. The molecule has 1 saturated heterocycles. The molecule has 0 radical (unpaired) electrons. The molecular weight excluding hydrogens is 320 g/mol. The summed E-state index contributed by atoms with van der Waals surface area (Å²) in [7, 11) is 0. The first kappa shape index (κ1) is 17.1. The number of hydrogen-bond acceptors (Lipinski definition) is 2. The van der Waals surface area contributed by atoms with E-state index >= 15 is 0 Å². The molecule has 0 bridgehead atoms. The van der Waals surface area contributed by atoms with E-state index in [9.17, 15) is 4.79 Å². The van der Waals surface area contributed by atoms with Crippen LogP contribution in [0.3, 0.4) is 0 Å². The molecular formula is C23H28N2O. The van der Waals surface area contributed by atoms with E-state index in [1.165, 1.54) is 43.4 Å². The fourth-order valence-corrected chi connectivity index (χ4v) is 4.32. The van der Waals surface area contributed by atoms with Crippen molar-refractivity contribution in [1.82, 2.24) is 4.90 Å². The SMILES string of the molecule is O=C(c1ccc(C2CCCCC2)cc1)N1CCN(c2ccccc2)CC1. The maximum absolute atomic E-state index is 12.8. The molecule has 136 valence electrons. The highest BCUT2D eigenvalue weighted by molar-refractivity contribution is 5.94. The first-order valence-corrected chi connectivity index (χ1v) is 10.0. The number of hydrogen-bond donors (Lipinski definition) is 0. The molecule has 4 rings (SSSR count). The van der Waals surface area contributed by atoms with Crippen LogP contribution in [-0.2, 0) is 0 Å². The van der Waals surface area contributed by atoms with Crippen LogP contribution in [0.5, 0.6) is 0 Å². The Morgan fingerprint density at radius 3 is 2.08 bits per heavy atom. The second kappa shape index (κ2) is 7.94. The lowest BCUT2D eigenvalue weighted by Crippen LogP contribution is -2.48. The van der Waals surface area contributed by atoms with Gasteiger partial charge in [-0.1, -0.05) is 49.6 Å². The molecule has 1 aliphatic heterocycles. The molecule has 3 nitrogen and oxygen atoms in total. The van der Waals surface area contributed by atoms with Crippen molar-refractivity contribution >= 4 is 11.6 Å². The number of carbonyl (C=O) groups is 1. The van der Waals surface area contributed by atoms with Crippen molar-refractivity contribution in [3.05, 3.63) is 65.7 Å². The zero-order valence-corrected chi connectivity index (χ0v) is 15.4. The van der Waals surface area contributed by atoms with Crippen LogP contribution in [0.25, 0.3) is 0 Å². The van der Waals surface area contributed by atoms with Crippen molar-refractivity contribution in [2.45, 2.75) is 38.0 Å². The Morgan fingerprint density at radius 2 is 1.42 bits per heavy atom. The molecule has 1 aliphatic carbocycles. The maximum atomic E-state index is 12.8. The predicted octanol–water partition coefficient (Wildman–Crippen LogP) is 4.70. The van der Waals surface area contributed by atoms with Crippen LogP contribution in [0.15, 0.2) is 54.6 Å². The van der Waals surface area contributed by atoms with E-state index < -0.39 is 0 Å². The molecule has 2 aromatic rings. The van der Waals surface area contributed by atoms with E-state index in [-0.39, 0.29) is 5.91 Å². The fraction of sp³-hybridized carbons (Fsp3) is 0.435. The van der Waals surface area contributed by atoms with Crippen LogP contribution in [0.4, 0.5) is 5.69 Å². The Morgan fingerprint density at radius 1 is 0.769 bits per heavy atom. The molecule has 2 aliphatic rings. The first-order valence-electron chi connectivity index (χ1n) is 10.0. The smallest absolute Gasteiger partial charge is 0.253 e. The molecule has 26 heavy (non-hydrogen) atoms. The second-order valence-electron chi connectivity index (χ2n) is 7.57. The predicted molar refractivity (Wildman–Crippen MR) is 107 cm³/mol. The van der Waals surface area contributed by atoms with Gasteiger partial charge in [-0.3, -0.25) is 4.79 Å². The first-order chi connectivity index (χ1) is 12.8. The lowest BCUT2D eigenvalue weighted by molar-refractivity contribution is 0.0747. The number of benzene rings is 2. The van der Waals surface area contributed by atoms with Gasteiger partial charge in [-0.15, -0.1) is 0 Å². The zero-order chi connectivity index (χ0) is 17.8. The number of carbonyl (C=O) groups excluding carboxylic acids is 1. The van der Waals surface area contributed by atoms with Gasteiger partial charge in [0.15, 0.2) is 0 Å². The molecule has 1 heterocycles. The van der Waals surface area contributed by atoms with Gasteiger partial charge >= 0.3 is 0 Å². The molecule has 1 amide bonds. The summed E-state index contributed by atoms with van der Waals surface area (Å²) in [5.74, 6) is 0.871. The van der Waals surface area contributed by atoms with Gasteiger partial charge in [0.05, 0.1) is 0 Å². The lowest BCUT2D eigenvalue weighted by atomic mass is 9.84. The summed E-state index contributed by atoms with van der Waals surface area (Å²) in [4.78, 5) is 17.2. The molecule has 2 fully saturated rings. The van der Waals surface area contributed by atoms with Gasteiger partial charge in [0.2, 0.25) is 0 Å². The van der Waals surface area contributed by atoms with Crippen LogP contribution in [0, 0.1) is 0 Å². The number of para-hydroxylation sites is 1. The molecule has 0 spiro atoms. The van der Waals surface area contributed by atoms with Crippen molar-refractivity contribution in [2.24, 2.45) is 0 Å². The van der Waals surface area contributed by atoms with Crippen molar-refractivity contribution in [3.8, 4) is 0 Å². The molecule has 2 aromatic carbocycles. The van der Waals surface area contributed by atoms with Crippen LogP contribution in [0.2, 0.25) is 0 Å². The molecule has 0 atom stereocenters. The van der Waals surface area contributed by atoms with Crippen molar-refractivity contribution in [3.63, 3.8) is 0 Å². The Hall–Kier alpha value is -2.29. The second-order valence-corrected chi connectivity index (χ2v) is 7.57. The average Bonchev–Trinajstić information content (AvgIpc) is 2.75. The summed E-state index contributed by atoms with van der Waals surface area (Å²) in [5, 5.41) is 0. The molecule has 0 unspecified atom stereocenters. The van der Waals surface area contributed by atoms with Gasteiger partial charge in [-0.2, -0.15) is 0 Å². The molecule has 0 aromatic heterocycles. The van der Waals surface area contributed by atoms with Gasteiger partial charge in [-0.05, 0) is 48.6 Å². The average molecular weight is 348 g/mol. The van der Waals surface area contributed by atoms with Gasteiger partial charge < -0.3 is 9.80 Å². The van der Waals surface area contributed by atoms with Crippen LogP contribution in [0.1, 0.15) is 53.9 Å². The van der Waals surface area contributed by atoms with Crippen molar-refractivity contribution in [2.75, 3.05) is 31.1 Å². The topological polar surface area (TPSA) is 23.6 Å². The highest BCUT2D eigenvalue weighted by Crippen LogP contribution is 2.32. The zero-order valence-electron chi connectivity index (χ0n) is 15.4. The third-order valence-corrected chi connectivity index (χ3v) is 5.92. The van der Waals surface area contributed by atoms with Crippen LogP contribution < -0.4 is 4.90 Å². The van der Waals surface area contributed by atoms with Gasteiger partial charge in [0.25, 0.3) is 5.91 Å². The minimum Gasteiger partial charge on any atom is -0.368 e. The monoisotopic (exact) mass is 348 g/mol. The molecule has 1 saturated carbocycles. The number of amides is 1. The highest BCUT2D eigenvalue weighted by Gasteiger charge is 2.23. The minimum absolute atomic E-state index is 0.174. The van der Waals surface area contributed by atoms with E-state index in [1.807, 2.05) is 23.1 Å². The van der Waals surface area contributed by atoms with E-state index in [0.717, 1.165) is 31.7 Å². The van der Waals surface area contributed by atoms with Crippen molar-refractivity contribution in [1.29, 1.82) is 0 Å². The van der Waals surface area contributed by atoms with E-state index in [1.54, 1.807) is 0 Å². The van der Waals surface area contributed by atoms with Gasteiger partial charge in [0.1, 0.15) is 0 Å². The van der Waals surface area contributed by atoms with Crippen LogP contribution >= 0.6 is 0 Å². The van der Waals surface area contributed by atoms with Crippen LogP contribution in [-0.4, -0.2) is 37.0 Å². The summed E-state index contributed by atoms with van der Waals surface area (Å²) >= 11 is 0. The summed E-state index contributed by atoms with van der Waals surface area (Å²) in [6.45, 7) is 3.38. The summed E-state index contributed by atoms with van der Waals surface area (Å²) in [6, 6.07) is 18.9. The van der Waals surface area contributed by atoms with Gasteiger partial charge in [0, 0.05) is 37.4 Å². The van der Waals surface area contributed by atoms with Crippen molar-refractivity contribution < 1.29 is 4.79 Å². The molecule has 0 N–H and O–H groups in total. The summed E-state index contributed by atoms with van der Waals surface area (Å²) in [5.41, 5.74) is 3.49. The number of nitrogens with zero attached hydrogens (tertiary/aromatic N) is 2. The van der Waals surface area contributed by atoms with E-state index in [2.05, 4.69) is 41.3 Å². The van der Waals surface area contributed by atoms with Gasteiger partial charge in [-0.25, -0.2) is 0 Å². The third kappa shape index (κ3) is 3.77. The summed E-state index contributed by atoms with van der Waals surface area (Å²) in [6.07, 6.45) is 6.67. The third-order valence-electron chi connectivity index (χ3n) is 5.92. The van der Waals surface area contributed by atoms with E-state index in [0.29, 0.717) is 5.92 Å². The Balaban J connectivity index is 1.36. The Kier molecular flexibility index (Phi) is 5.24. The van der Waals surface area contributed by atoms with E-state index in [4.69, 9.17) is 0 Å². The fourth-order valence-electron chi connectivity index (χ4n) is 4.32. The quantitative estimate of drug-likeness (QED) is 0.803. The minimum atomic E-state index is 0.174. The molecule has 3 heteroatoms. The largest absolute Gasteiger partial charge is 0.368 e. The highest BCUT2D eigenvalue weighted by atomic mass is 16.2. The Labute approximate surface area is 156 Å². The Bertz CT molecular complexity index is 712. The number of anilines is 1. The standard InChI is InChI=1S/C23H28N2O/c26-23(21-13-11-20(12-14-21)19-7-3-1-4-8-19)25-17-15-24(16-18-25)22-9-5-2-6-10-22/h2,5-6,9-14,19H,1,3-4,7-8,15-18H2. The number of rotatable bonds is 3. The number of piperazine rings is 1. The normalized spacial score (nSPS) is 18.8.